The van der Waals surface area contributed by atoms with Crippen molar-refractivity contribution in [1.29, 1.82) is 0 Å². The van der Waals surface area contributed by atoms with Crippen LogP contribution in [0.1, 0.15) is 5.56 Å². The zero-order valence-electron chi connectivity index (χ0n) is 9.23. The van der Waals surface area contributed by atoms with Crippen LogP contribution in [-0.4, -0.2) is 26.3 Å². The van der Waals surface area contributed by atoms with Crippen LogP contribution >= 0.6 is 0 Å². The van der Waals surface area contributed by atoms with Gasteiger partial charge in [0.2, 0.25) is 0 Å². The molecule has 0 aliphatic carbocycles. The van der Waals surface area contributed by atoms with Crippen LogP contribution in [-0.2, 0) is 11.3 Å². The lowest BCUT2D eigenvalue weighted by Gasteiger charge is -2.05. The molecule has 1 aromatic rings. The summed E-state index contributed by atoms with van der Waals surface area (Å²) in [6, 6.07) is 7.08. The number of amides is 2. The van der Waals surface area contributed by atoms with Crippen LogP contribution in [0.4, 0.5) is 4.79 Å². The number of hydrogen-bond donors (Lipinski definition) is 2. The largest absolute Gasteiger partial charge is 0.497 e. The number of benzene rings is 1. The molecular formula is C11H16N2O3. The molecule has 5 nitrogen and oxygen atoms in total. The second-order valence-electron chi connectivity index (χ2n) is 3.19. The third kappa shape index (κ3) is 4.65. The summed E-state index contributed by atoms with van der Waals surface area (Å²) in [5.41, 5.74) is 5.95. The Bertz CT molecular complexity index is 325. The monoisotopic (exact) mass is 224 g/mol. The van der Waals surface area contributed by atoms with Crippen LogP contribution in [0.3, 0.4) is 0 Å². The molecule has 5 heteroatoms. The van der Waals surface area contributed by atoms with Gasteiger partial charge < -0.3 is 20.5 Å². The molecular weight excluding hydrogens is 208 g/mol. The van der Waals surface area contributed by atoms with E-state index in [4.69, 9.17) is 15.2 Å². The maximum absolute atomic E-state index is 10.3. The first-order valence-corrected chi connectivity index (χ1v) is 4.96. The first kappa shape index (κ1) is 12.3. The van der Waals surface area contributed by atoms with Crippen LogP contribution in [0, 0.1) is 0 Å². The molecule has 1 aromatic carbocycles. The maximum atomic E-state index is 10.3. The van der Waals surface area contributed by atoms with E-state index in [1.807, 2.05) is 24.3 Å². The lowest BCUT2D eigenvalue weighted by Crippen LogP contribution is -2.32. The number of hydrogen-bond acceptors (Lipinski definition) is 3. The molecule has 0 aromatic heterocycles. The van der Waals surface area contributed by atoms with Gasteiger partial charge >= 0.3 is 6.03 Å². The highest BCUT2D eigenvalue weighted by Gasteiger charge is 1.95. The van der Waals surface area contributed by atoms with Gasteiger partial charge in [-0.3, -0.25) is 0 Å². The Balaban J connectivity index is 2.19. The summed E-state index contributed by atoms with van der Waals surface area (Å²) in [7, 11) is 1.63. The van der Waals surface area contributed by atoms with Gasteiger partial charge in [0.25, 0.3) is 0 Å². The van der Waals surface area contributed by atoms with Gasteiger partial charge in [-0.05, 0) is 17.7 Å². The number of primary amides is 1. The quantitative estimate of drug-likeness (QED) is 0.704. The topological polar surface area (TPSA) is 73.6 Å². The van der Waals surface area contributed by atoms with Crippen LogP contribution in [0.15, 0.2) is 24.3 Å². The summed E-state index contributed by atoms with van der Waals surface area (Å²) in [5.74, 6) is 0.819. The molecule has 0 radical (unpaired) electrons. The fourth-order valence-electron chi connectivity index (χ4n) is 1.16. The molecule has 1 rings (SSSR count). The fourth-order valence-corrected chi connectivity index (χ4v) is 1.16. The molecule has 0 unspecified atom stereocenters. The number of carbonyl (C=O) groups excluding carboxylic acids is 1. The Morgan fingerprint density at radius 3 is 2.62 bits per heavy atom. The van der Waals surface area contributed by atoms with Crippen molar-refractivity contribution in [1.82, 2.24) is 5.32 Å². The Labute approximate surface area is 94.5 Å². The van der Waals surface area contributed by atoms with Crippen molar-refractivity contribution >= 4 is 6.03 Å². The fraction of sp³-hybridized carbons (Fsp3) is 0.364. The summed E-state index contributed by atoms with van der Waals surface area (Å²) >= 11 is 0. The minimum Gasteiger partial charge on any atom is -0.497 e. The maximum Gasteiger partial charge on any atom is 0.312 e. The van der Waals surface area contributed by atoms with Crippen LogP contribution in [0.2, 0.25) is 0 Å². The number of carbonyl (C=O) groups is 1. The van der Waals surface area contributed by atoms with Crippen LogP contribution < -0.4 is 15.8 Å². The van der Waals surface area contributed by atoms with E-state index in [-0.39, 0.29) is 0 Å². The van der Waals surface area contributed by atoms with E-state index in [1.54, 1.807) is 7.11 Å². The highest BCUT2D eigenvalue weighted by atomic mass is 16.5. The summed E-state index contributed by atoms with van der Waals surface area (Å²) in [5, 5.41) is 2.44. The molecule has 0 heterocycles. The summed E-state index contributed by atoms with van der Waals surface area (Å²) in [6.45, 7) is 1.37. The highest BCUT2D eigenvalue weighted by molar-refractivity contribution is 5.71. The SMILES string of the molecule is COc1ccc(COCCNC(N)=O)cc1. The lowest BCUT2D eigenvalue weighted by atomic mass is 10.2. The third-order valence-electron chi connectivity index (χ3n) is 1.97. The Morgan fingerprint density at radius 2 is 2.06 bits per heavy atom. The average Bonchev–Trinajstić information content (AvgIpc) is 2.29. The molecule has 0 aliphatic heterocycles. The number of nitrogens with one attached hydrogen (secondary N) is 1. The molecule has 88 valence electrons. The standard InChI is InChI=1S/C11H16N2O3/c1-15-10-4-2-9(3-5-10)8-16-7-6-13-11(12)14/h2-5H,6-8H2,1H3,(H3,12,13,14). The molecule has 0 atom stereocenters. The molecule has 16 heavy (non-hydrogen) atoms. The van der Waals surface area contributed by atoms with E-state index in [0.29, 0.717) is 19.8 Å². The Morgan fingerprint density at radius 1 is 1.38 bits per heavy atom. The van der Waals surface area contributed by atoms with Crippen molar-refractivity contribution in [2.45, 2.75) is 6.61 Å². The molecule has 3 N–H and O–H groups in total. The highest BCUT2D eigenvalue weighted by Crippen LogP contribution is 2.11. The van der Waals surface area contributed by atoms with E-state index >= 15 is 0 Å². The molecule has 0 spiro atoms. The first-order valence-electron chi connectivity index (χ1n) is 4.96. The second-order valence-corrected chi connectivity index (χ2v) is 3.19. The minimum atomic E-state index is -0.534. The predicted molar refractivity (Wildman–Crippen MR) is 60.2 cm³/mol. The van der Waals surface area contributed by atoms with E-state index in [2.05, 4.69) is 5.32 Å². The van der Waals surface area contributed by atoms with Gasteiger partial charge in [0.05, 0.1) is 20.3 Å². The smallest absolute Gasteiger partial charge is 0.312 e. The van der Waals surface area contributed by atoms with Gasteiger partial charge in [-0.25, -0.2) is 4.79 Å². The number of ether oxygens (including phenoxy) is 2. The van der Waals surface area contributed by atoms with Crippen LogP contribution in [0.5, 0.6) is 5.75 Å². The van der Waals surface area contributed by atoms with Crippen molar-refractivity contribution in [2.75, 3.05) is 20.3 Å². The molecule has 0 saturated carbocycles. The normalized spacial score (nSPS) is 9.81. The van der Waals surface area contributed by atoms with Crippen molar-refractivity contribution in [2.24, 2.45) is 5.73 Å². The van der Waals surface area contributed by atoms with Crippen molar-refractivity contribution in [3.8, 4) is 5.75 Å². The van der Waals surface area contributed by atoms with E-state index in [9.17, 15) is 4.79 Å². The molecule has 0 aliphatic rings. The van der Waals surface area contributed by atoms with E-state index in [1.165, 1.54) is 0 Å². The van der Waals surface area contributed by atoms with Gasteiger partial charge in [-0.1, -0.05) is 12.1 Å². The number of nitrogens with two attached hydrogens (primary N) is 1. The zero-order valence-corrected chi connectivity index (χ0v) is 9.23. The number of rotatable bonds is 6. The number of urea groups is 1. The molecule has 0 bridgehead atoms. The van der Waals surface area contributed by atoms with E-state index in [0.717, 1.165) is 11.3 Å². The summed E-state index contributed by atoms with van der Waals surface area (Å²) in [6.07, 6.45) is 0. The van der Waals surface area contributed by atoms with Gasteiger partial charge in [-0.15, -0.1) is 0 Å². The molecule has 0 fully saturated rings. The van der Waals surface area contributed by atoms with Crippen molar-refractivity contribution in [3.63, 3.8) is 0 Å². The molecule has 0 saturated heterocycles. The van der Waals surface area contributed by atoms with Crippen LogP contribution in [0.25, 0.3) is 0 Å². The van der Waals surface area contributed by atoms with Gasteiger partial charge in [0, 0.05) is 6.54 Å². The Kier molecular flexibility index (Phi) is 5.15. The first-order chi connectivity index (χ1) is 7.72. The average molecular weight is 224 g/mol. The van der Waals surface area contributed by atoms with Crippen molar-refractivity contribution in [3.05, 3.63) is 29.8 Å². The Hall–Kier alpha value is -1.75. The van der Waals surface area contributed by atoms with Crippen molar-refractivity contribution < 1.29 is 14.3 Å². The number of methoxy groups -OCH3 is 1. The minimum absolute atomic E-state index is 0.422. The van der Waals surface area contributed by atoms with Gasteiger partial charge in [0.15, 0.2) is 0 Å². The second kappa shape index (κ2) is 6.68. The zero-order chi connectivity index (χ0) is 11.8. The summed E-state index contributed by atoms with van der Waals surface area (Å²) < 4.78 is 10.4. The lowest BCUT2D eigenvalue weighted by molar-refractivity contribution is 0.124. The van der Waals surface area contributed by atoms with Gasteiger partial charge in [-0.2, -0.15) is 0 Å². The van der Waals surface area contributed by atoms with E-state index < -0.39 is 6.03 Å². The third-order valence-corrected chi connectivity index (χ3v) is 1.97. The van der Waals surface area contributed by atoms with Gasteiger partial charge in [0.1, 0.15) is 5.75 Å². The summed E-state index contributed by atoms with van der Waals surface area (Å²) in [4.78, 5) is 10.3. The molecule has 2 amide bonds. The predicted octanol–water partition coefficient (Wildman–Crippen LogP) is 0.880.